The second-order valence-corrected chi connectivity index (χ2v) is 5.48. The van der Waals surface area contributed by atoms with Crippen LogP contribution in [0.3, 0.4) is 0 Å². The van der Waals surface area contributed by atoms with Gasteiger partial charge in [-0.15, -0.1) is 0 Å². The zero-order chi connectivity index (χ0) is 15.0. The van der Waals surface area contributed by atoms with Gasteiger partial charge in [-0.05, 0) is 30.5 Å². The van der Waals surface area contributed by atoms with Gasteiger partial charge in [0.15, 0.2) is 0 Å². The molecule has 4 heteroatoms. The molecule has 3 nitrogen and oxygen atoms in total. The van der Waals surface area contributed by atoms with E-state index in [1.54, 1.807) is 6.07 Å². The summed E-state index contributed by atoms with van der Waals surface area (Å²) in [6.07, 6.45) is 0.924. The number of halogens is 1. The lowest BCUT2D eigenvalue weighted by Gasteiger charge is -2.26. The van der Waals surface area contributed by atoms with Crippen molar-refractivity contribution in [2.24, 2.45) is 5.92 Å². The number of benzene rings is 1. The fourth-order valence-corrected chi connectivity index (χ4v) is 2.28. The van der Waals surface area contributed by atoms with Crippen LogP contribution in [0.15, 0.2) is 18.2 Å². The van der Waals surface area contributed by atoms with Gasteiger partial charge in [-0.2, -0.15) is 0 Å². The Bertz CT molecular complexity index is 390. The molecule has 0 radical (unpaired) electrons. The summed E-state index contributed by atoms with van der Waals surface area (Å²) in [5, 5.41) is 12.5. The number of para-hydroxylation sites is 1. The Balaban J connectivity index is 2.90. The van der Waals surface area contributed by atoms with Crippen LogP contribution in [-0.4, -0.2) is 31.3 Å². The highest BCUT2D eigenvalue weighted by Crippen LogP contribution is 2.24. The van der Waals surface area contributed by atoms with Crippen molar-refractivity contribution < 1.29 is 9.50 Å². The van der Waals surface area contributed by atoms with E-state index in [4.69, 9.17) is 0 Å². The molecule has 0 atom stereocenters. The molecule has 114 valence electrons. The molecule has 2 N–H and O–H groups in total. The van der Waals surface area contributed by atoms with Crippen LogP contribution in [0.4, 0.5) is 10.1 Å². The maximum atomic E-state index is 14.2. The van der Waals surface area contributed by atoms with Gasteiger partial charge in [-0.3, -0.25) is 0 Å². The molecule has 0 amide bonds. The number of aliphatic hydroxyl groups is 1. The van der Waals surface area contributed by atoms with Crippen LogP contribution in [0.1, 0.15) is 32.8 Å². The molecule has 1 rings (SSSR count). The average molecular weight is 282 g/mol. The number of nitrogens with zero attached hydrogens (tertiary/aromatic N) is 1. The average Bonchev–Trinajstić information content (AvgIpc) is 2.38. The number of rotatable bonds is 9. The zero-order valence-corrected chi connectivity index (χ0v) is 12.8. The summed E-state index contributed by atoms with van der Waals surface area (Å²) in [5.74, 6) is 0.354. The third kappa shape index (κ3) is 5.10. The first kappa shape index (κ1) is 16.9. The third-order valence-corrected chi connectivity index (χ3v) is 3.12. The van der Waals surface area contributed by atoms with Gasteiger partial charge in [-0.1, -0.05) is 32.9 Å². The lowest BCUT2D eigenvalue weighted by Crippen LogP contribution is -2.30. The van der Waals surface area contributed by atoms with Crippen LogP contribution >= 0.6 is 0 Å². The number of hydrogen-bond acceptors (Lipinski definition) is 3. The van der Waals surface area contributed by atoms with E-state index in [2.05, 4.69) is 26.1 Å². The molecule has 0 fully saturated rings. The highest BCUT2D eigenvalue weighted by Gasteiger charge is 2.15. The van der Waals surface area contributed by atoms with Crippen LogP contribution in [0.2, 0.25) is 0 Å². The minimum Gasteiger partial charge on any atom is -0.395 e. The van der Waals surface area contributed by atoms with Crippen molar-refractivity contribution in [3.8, 4) is 0 Å². The molecule has 0 bridgehead atoms. The highest BCUT2D eigenvalue weighted by atomic mass is 19.1. The van der Waals surface area contributed by atoms with Crippen LogP contribution in [0.25, 0.3) is 0 Å². The van der Waals surface area contributed by atoms with E-state index in [1.165, 1.54) is 6.07 Å². The summed E-state index contributed by atoms with van der Waals surface area (Å²) in [7, 11) is 0. The molecule has 0 unspecified atom stereocenters. The Morgan fingerprint density at radius 3 is 2.65 bits per heavy atom. The minimum atomic E-state index is -0.212. The van der Waals surface area contributed by atoms with Gasteiger partial charge in [0, 0.05) is 19.6 Å². The van der Waals surface area contributed by atoms with Gasteiger partial charge < -0.3 is 15.3 Å². The normalized spacial score (nSPS) is 11.1. The SMILES string of the molecule is CCCN(CCO)c1c(F)cccc1CNCC(C)C. The molecule has 0 aliphatic heterocycles. The number of anilines is 1. The molecule has 0 saturated heterocycles. The molecule has 0 saturated carbocycles. The van der Waals surface area contributed by atoms with Crippen LogP contribution in [0, 0.1) is 11.7 Å². The maximum absolute atomic E-state index is 14.2. The summed E-state index contributed by atoms with van der Waals surface area (Å²) in [4.78, 5) is 1.93. The van der Waals surface area contributed by atoms with Gasteiger partial charge in [0.25, 0.3) is 0 Å². The van der Waals surface area contributed by atoms with Crippen LogP contribution in [-0.2, 0) is 6.54 Å². The molecular formula is C16H27FN2O. The molecule has 0 aromatic heterocycles. The summed E-state index contributed by atoms with van der Waals surface area (Å²) in [6.45, 7) is 9.16. The molecule has 0 heterocycles. The van der Waals surface area contributed by atoms with E-state index in [9.17, 15) is 9.50 Å². The van der Waals surface area contributed by atoms with Crippen molar-refractivity contribution in [2.45, 2.75) is 33.7 Å². The molecule has 0 aliphatic rings. The maximum Gasteiger partial charge on any atom is 0.146 e. The van der Waals surface area contributed by atoms with Gasteiger partial charge in [0.1, 0.15) is 5.82 Å². The number of aliphatic hydroxyl groups excluding tert-OH is 1. The second kappa shape index (κ2) is 8.93. The Kier molecular flexibility index (Phi) is 7.55. The Morgan fingerprint density at radius 1 is 1.30 bits per heavy atom. The Morgan fingerprint density at radius 2 is 2.05 bits per heavy atom. The van der Waals surface area contributed by atoms with Gasteiger partial charge in [0.2, 0.25) is 0 Å². The smallest absolute Gasteiger partial charge is 0.146 e. The zero-order valence-electron chi connectivity index (χ0n) is 12.8. The van der Waals surface area contributed by atoms with Gasteiger partial charge in [0.05, 0.1) is 12.3 Å². The first-order valence-corrected chi connectivity index (χ1v) is 7.44. The quantitative estimate of drug-likeness (QED) is 0.731. The summed E-state index contributed by atoms with van der Waals surface area (Å²) >= 11 is 0. The molecule has 1 aromatic rings. The predicted molar refractivity (Wildman–Crippen MR) is 82.5 cm³/mol. The monoisotopic (exact) mass is 282 g/mol. The standard InChI is InChI=1S/C16H27FN2O/c1-4-8-19(9-10-20)16-14(6-5-7-15(16)17)12-18-11-13(2)3/h5-7,13,18,20H,4,8-12H2,1-3H3. The van der Waals surface area contributed by atoms with E-state index < -0.39 is 0 Å². The van der Waals surface area contributed by atoms with Crippen molar-refractivity contribution in [1.82, 2.24) is 5.32 Å². The van der Waals surface area contributed by atoms with E-state index in [-0.39, 0.29) is 12.4 Å². The number of nitrogens with one attached hydrogen (secondary N) is 1. The Labute approximate surface area is 121 Å². The second-order valence-electron chi connectivity index (χ2n) is 5.48. The minimum absolute atomic E-state index is 0.0349. The van der Waals surface area contributed by atoms with Crippen molar-refractivity contribution in [3.63, 3.8) is 0 Å². The molecule has 0 aliphatic carbocycles. The first-order chi connectivity index (χ1) is 9.60. The summed E-state index contributed by atoms with van der Waals surface area (Å²) < 4.78 is 14.2. The molecule has 20 heavy (non-hydrogen) atoms. The largest absolute Gasteiger partial charge is 0.395 e. The molecule has 1 aromatic carbocycles. The van der Waals surface area contributed by atoms with Gasteiger partial charge >= 0.3 is 0 Å². The summed E-state index contributed by atoms with van der Waals surface area (Å²) in [6, 6.07) is 5.18. The fraction of sp³-hybridized carbons (Fsp3) is 0.625. The first-order valence-electron chi connectivity index (χ1n) is 7.44. The predicted octanol–water partition coefficient (Wildman–Crippen LogP) is 2.78. The van der Waals surface area contributed by atoms with E-state index in [0.29, 0.717) is 24.7 Å². The fourth-order valence-electron chi connectivity index (χ4n) is 2.28. The topological polar surface area (TPSA) is 35.5 Å². The Hall–Kier alpha value is -1.13. The molecule has 0 spiro atoms. The van der Waals surface area contributed by atoms with Crippen LogP contribution < -0.4 is 10.2 Å². The molecular weight excluding hydrogens is 255 g/mol. The van der Waals surface area contributed by atoms with Crippen LogP contribution in [0.5, 0.6) is 0 Å². The van der Waals surface area contributed by atoms with Gasteiger partial charge in [-0.25, -0.2) is 4.39 Å². The van der Waals surface area contributed by atoms with E-state index >= 15 is 0 Å². The summed E-state index contributed by atoms with van der Waals surface area (Å²) in [5.41, 5.74) is 1.58. The van der Waals surface area contributed by atoms with Crippen molar-refractivity contribution >= 4 is 5.69 Å². The van der Waals surface area contributed by atoms with Crippen molar-refractivity contribution in [2.75, 3.05) is 31.1 Å². The van der Waals surface area contributed by atoms with Crippen molar-refractivity contribution in [3.05, 3.63) is 29.6 Å². The third-order valence-electron chi connectivity index (χ3n) is 3.12. The van der Waals surface area contributed by atoms with E-state index in [1.807, 2.05) is 11.0 Å². The van der Waals surface area contributed by atoms with Crippen molar-refractivity contribution in [1.29, 1.82) is 0 Å². The highest BCUT2D eigenvalue weighted by molar-refractivity contribution is 5.55. The van der Waals surface area contributed by atoms with E-state index in [0.717, 1.165) is 25.1 Å². The number of hydrogen-bond donors (Lipinski definition) is 2. The lowest BCUT2D eigenvalue weighted by molar-refractivity contribution is 0.301. The lowest BCUT2D eigenvalue weighted by atomic mass is 10.1.